The minimum atomic E-state index is -0.480. The van der Waals surface area contributed by atoms with Crippen LogP contribution in [0, 0.1) is 0 Å². The summed E-state index contributed by atoms with van der Waals surface area (Å²) in [6.07, 6.45) is 1.36. The Morgan fingerprint density at radius 3 is 2.48 bits per heavy atom. The molecular formula is C14H12N4O3. The summed E-state index contributed by atoms with van der Waals surface area (Å²) in [5.41, 5.74) is -0.623. The van der Waals surface area contributed by atoms with Crippen LogP contribution in [-0.4, -0.2) is 19.1 Å². The van der Waals surface area contributed by atoms with Gasteiger partial charge in [0.1, 0.15) is 5.75 Å². The number of para-hydroxylation sites is 1. The zero-order valence-electron chi connectivity index (χ0n) is 11.5. The summed E-state index contributed by atoms with van der Waals surface area (Å²) in [5.74, 6) is 0.817. The quantitative estimate of drug-likeness (QED) is 0.696. The fraction of sp³-hybridized carbons (Fsp3) is 0.143. The fourth-order valence-corrected chi connectivity index (χ4v) is 1.97. The lowest BCUT2D eigenvalue weighted by Crippen LogP contribution is -2.37. The van der Waals surface area contributed by atoms with Crippen LogP contribution in [0.5, 0.6) is 11.6 Å². The first-order valence-electron chi connectivity index (χ1n) is 6.23. The number of aryl methyl sites for hydroxylation is 1. The Balaban J connectivity index is 2.17. The van der Waals surface area contributed by atoms with E-state index in [9.17, 15) is 9.59 Å². The number of benzene rings is 1. The van der Waals surface area contributed by atoms with Gasteiger partial charge in [-0.3, -0.25) is 13.9 Å². The first kappa shape index (κ1) is 13.0. The van der Waals surface area contributed by atoms with Crippen LogP contribution < -0.4 is 16.0 Å². The van der Waals surface area contributed by atoms with Gasteiger partial charge in [-0.05, 0) is 12.1 Å². The molecule has 2 heterocycles. The third kappa shape index (κ3) is 2.18. The Labute approximate surface area is 119 Å². The standard InChI is InChI=1S/C14H12N4O3/c1-17-12-11(13(19)18(2)14(17)20)15-8-10(16-12)21-9-6-4-3-5-7-9/h3-8H,1-2H3. The average Bonchev–Trinajstić information content (AvgIpc) is 2.52. The summed E-state index contributed by atoms with van der Waals surface area (Å²) < 4.78 is 7.81. The van der Waals surface area contributed by atoms with Gasteiger partial charge in [-0.1, -0.05) is 18.2 Å². The zero-order valence-corrected chi connectivity index (χ0v) is 11.5. The van der Waals surface area contributed by atoms with Crippen molar-refractivity contribution in [3.05, 3.63) is 57.4 Å². The molecule has 0 saturated heterocycles. The molecule has 0 aliphatic rings. The lowest BCUT2D eigenvalue weighted by Gasteiger charge is -2.08. The molecule has 0 N–H and O–H groups in total. The number of aromatic nitrogens is 4. The van der Waals surface area contributed by atoms with Gasteiger partial charge < -0.3 is 4.74 Å². The van der Waals surface area contributed by atoms with Crippen LogP contribution >= 0.6 is 0 Å². The van der Waals surface area contributed by atoms with Gasteiger partial charge >= 0.3 is 5.69 Å². The van der Waals surface area contributed by atoms with E-state index in [0.717, 1.165) is 4.57 Å². The van der Waals surface area contributed by atoms with E-state index >= 15 is 0 Å². The molecule has 0 radical (unpaired) electrons. The van der Waals surface area contributed by atoms with Crippen molar-refractivity contribution < 1.29 is 4.74 Å². The van der Waals surface area contributed by atoms with E-state index in [4.69, 9.17) is 4.74 Å². The maximum absolute atomic E-state index is 12.0. The molecule has 0 spiro atoms. The second-order valence-corrected chi connectivity index (χ2v) is 4.50. The predicted octanol–water partition coefficient (Wildman–Crippen LogP) is 0.819. The fourth-order valence-electron chi connectivity index (χ4n) is 1.97. The topological polar surface area (TPSA) is 79.0 Å². The molecule has 0 saturated carbocycles. The molecule has 21 heavy (non-hydrogen) atoms. The highest BCUT2D eigenvalue weighted by molar-refractivity contribution is 5.68. The Morgan fingerprint density at radius 1 is 1.05 bits per heavy atom. The molecule has 0 unspecified atom stereocenters. The molecule has 3 aromatic rings. The van der Waals surface area contributed by atoms with Crippen molar-refractivity contribution in [2.75, 3.05) is 0 Å². The van der Waals surface area contributed by atoms with Crippen molar-refractivity contribution in [3.63, 3.8) is 0 Å². The smallest absolute Gasteiger partial charge is 0.332 e. The molecule has 7 heteroatoms. The Hall–Kier alpha value is -2.96. The molecule has 0 fully saturated rings. The van der Waals surface area contributed by atoms with Crippen molar-refractivity contribution in [1.29, 1.82) is 0 Å². The SMILES string of the molecule is Cn1c(=O)c2ncc(Oc3ccccc3)nc2n(C)c1=O. The first-order chi connectivity index (χ1) is 10.1. The van der Waals surface area contributed by atoms with E-state index in [1.54, 1.807) is 12.1 Å². The highest BCUT2D eigenvalue weighted by Gasteiger charge is 2.12. The van der Waals surface area contributed by atoms with E-state index in [0.29, 0.717) is 5.75 Å². The molecule has 0 atom stereocenters. The van der Waals surface area contributed by atoms with E-state index in [2.05, 4.69) is 9.97 Å². The predicted molar refractivity (Wildman–Crippen MR) is 76.5 cm³/mol. The molecule has 0 aliphatic heterocycles. The van der Waals surface area contributed by atoms with Gasteiger partial charge in [0.25, 0.3) is 5.56 Å². The molecule has 2 aromatic heterocycles. The van der Waals surface area contributed by atoms with E-state index in [1.807, 2.05) is 18.2 Å². The van der Waals surface area contributed by atoms with E-state index in [1.165, 1.54) is 24.9 Å². The van der Waals surface area contributed by atoms with Crippen LogP contribution in [0.15, 0.2) is 46.1 Å². The summed E-state index contributed by atoms with van der Waals surface area (Å²) in [7, 11) is 2.94. The van der Waals surface area contributed by atoms with Crippen molar-refractivity contribution in [3.8, 4) is 11.6 Å². The van der Waals surface area contributed by atoms with Crippen LogP contribution in [0.4, 0.5) is 0 Å². The second-order valence-electron chi connectivity index (χ2n) is 4.50. The Bertz CT molecular complexity index is 929. The zero-order chi connectivity index (χ0) is 15.0. The van der Waals surface area contributed by atoms with Gasteiger partial charge in [-0.2, -0.15) is 4.98 Å². The molecule has 0 amide bonds. The van der Waals surface area contributed by atoms with Gasteiger partial charge in [0.15, 0.2) is 11.2 Å². The monoisotopic (exact) mass is 284 g/mol. The maximum atomic E-state index is 12.0. The normalized spacial score (nSPS) is 10.8. The van der Waals surface area contributed by atoms with Gasteiger partial charge in [0.05, 0.1) is 6.20 Å². The summed E-state index contributed by atoms with van der Waals surface area (Å²) in [4.78, 5) is 32.1. The van der Waals surface area contributed by atoms with Gasteiger partial charge in [0.2, 0.25) is 5.88 Å². The van der Waals surface area contributed by atoms with Crippen LogP contribution in [0.25, 0.3) is 11.2 Å². The van der Waals surface area contributed by atoms with Gasteiger partial charge in [-0.15, -0.1) is 0 Å². The lowest BCUT2D eigenvalue weighted by molar-refractivity contribution is 0.461. The van der Waals surface area contributed by atoms with Crippen LogP contribution in [0.2, 0.25) is 0 Å². The van der Waals surface area contributed by atoms with E-state index in [-0.39, 0.29) is 17.0 Å². The van der Waals surface area contributed by atoms with Crippen molar-refractivity contribution >= 4 is 11.2 Å². The molecule has 7 nitrogen and oxygen atoms in total. The summed E-state index contributed by atoms with van der Waals surface area (Å²) in [6, 6.07) is 9.07. The molecular weight excluding hydrogens is 272 g/mol. The van der Waals surface area contributed by atoms with Gasteiger partial charge in [0, 0.05) is 14.1 Å². The highest BCUT2D eigenvalue weighted by atomic mass is 16.5. The largest absolute Gasteiger partial charge is 0.437 e. The Morgan fingerprint density at radius 2 is 1.76 bits per heavy atom. The van der Waals surface area contributed by atoms with Crippen LogP contribution in [0.3, 0.4) is 0 Å². The average molecular weight is 284 g/mol. The van der Waals surface area contributed by atoms with Crippen molar-refractivity contribution in [1.82, 2.24) is 19.1 Å². The number of fused-ring (bicyclic) bond motifs is 1. The summed E-state index contributed by atoms with van der Waals surface area (Å²) in [6.45, 7) is 0. The van der Waals surface area contributed by atoms with Crippen LogP contribution in [0.1, 0.15) is 0 Å². The minimum absolute atomic E-state index is 0.125. The number of nitrogens with zero attached hydrogens (tertiary/aromatic N) is 4. The number of hydrogen-bond donors (Lipinski definition) is 0. The summed E-state index contributed by atoms with van der Waals surface area (Å²) in [5, 5.41) is 0. The molecule has 106 valence electrons. The molecule has 3 rings (SSSR count). The molecule has 0 bridgehead atoms. The number of rotatable bonds is 2. The van der Waals surface area contributed by atoms with Crippen LogP contribution in [-0.2, 0) is 14.1 Å². The Kier molecular flexibility index (Phi) is 3.02. The maximum Gasteiger partial charge on any atom is 0.332 e. The van der Waals surface area contributed by atoms with E-state index < -0.39 is 11.2 Å². The van der Waals surface area contributed by atoms with Crippen molar-refractivity contribution in [2.45, 2.75) is 0 Å². The van der Waals surface area contributed by atoms with Crippen molar-refractivity contribution in [2.24, 2.45) is 14.1 Å². The molecule has 1 aromatic carbocycles. The van der Waals surface area contributed by atoms with Gasteiger partial charge in [-0.25, -0.2) is 9.78 Å². The number of hydrogen-bond acceptors (Lipinski definition) is 5. The number of ether oxygens (including phenoxy) is 1. The highest BCUT2D eigenvalue weighted by Crippen LogP contribution is 2.18. The second kappa shape index (κ2) is 4.86. The third-order valence-electron chi connectivity index (χ3n) is 3.10. The summed E-state index contributed by atoms with van der Waals surface area (Å²) >= 11 is 0. The molecule has 0 aliphatic carbocycles. The minimum Gasteiger partial charge on any atom is -0.437 e. The lowest BCUT2D eigenvalue weighted by atomic mass is 10.3. The third-order valence-corrected chi connectivity index (χ3v) is 3.10. The first-order valence-corrected chi connectivity index (χ1v) is 6.23.